The molecule has 0 spiro atoms. The van der Waals surface area contributed by atoms with Gasteiger partial charge in [-0.3, -0.25) is 4.79 Å². The number of rotatable bonds is 3. The molecule has 0 aliphatic rings. The second-order valence-electron chi connectivity index (χ2n) is 2.81. The molecule has 76 valence electrons. The smallest absolute Gasteiger partial charge is 0.172 e. The van der Waals surface area contributed by atoms with Crippen LogP contribution in [0.15, 0.2) is 6.07 Å². The van der Waals surface area contributed by atoms with Crippen LogP contribution in [0.4, 0.5) is 0 Å². The van der Waals surface area contributed by atoms with Crippen LogP contribution in [0.2, 0.25) is 0 Å². The van der Waals surface area contributed by atoms with Crippen LogP contribution in [-0.4, -0.2) is 25.6 Å². The quantitative estimate of drug-likeness (QED) is 0.745. The van der Waals surface area contributed by atoms with E-state index in [-0.39, 0.29) is 17.1 Å². The molecular formula is C10H12O4. The van der Waals surface area contributed by atoms with Gasteiger partial charge in [0, 0.05) is 0 Å². The van der Waals surface area contributed by atoms with E-state index in [0.717, 1.165) is 5.56 Å². The van der Waals surface area contributed by atoms with E-state index in [1.807, 2.05) is 0 Å². The van der Waals surface area contributed by atoms with Gasteiger partial charge in [-0.2, -0.15) is 0 Å². The molecule has 0 unspecified atom stereocenters. The molecule has 0 heterocycles. The molecular weight excluding hydrogens is 184 g/mol. The Balaban J connectivity index is 3.47. The average Bonchev–Trinajstić information content (AvgIpc) is 2.20. The molecule has 1 aromatic rings. The SMILES string of the molecule is COc1cc(C)c(OC)c(C=O)c1O. The van der Waals surface area contributed by atoms with Crippen molar-refractivity contribution < 1.29 is 19.4 Å². The zero-order valence-electron chi connectivity index (χ0n) is 8.33. The second-order valence-corrected chi connectivity index (χ2v) is 2.81. The number of ether oxygens (including phenoxy) is 2. The number of benzene rings is 1. The molecule has 14 heavy (non-hydrogen) atoms. The average molecular weight is 196 g/mol. The van der Waals surface area contributed by atoms with E-state index in [4.69, 9.17) is 9.47 Å². The van der Waals surface area contributed by atoms with E-state index >= 15 is 0 Å². The highest BCUT2D eigenvalue weighted by atomic mass is 16.5. The van der Waals surface area contributed by atoms with Crippen LogP contribution in [0, 0.1) is 6.92 Å². The molecule has 1 aromatic carbocycles. The summed E-state index contributed by atoms with van der Waals surface area (Å²) in [7, 11) is 2.87. The minimum absolute atomic E-state index is 0.115. The minimum Gasteiger partial charge on any atom is -0.504 e. The van der Waals surface area contributed by atoms with Gasteiger partial charge in [0.25, 0.3) is 0 Å². The van der Waals surface area contributed by atoms with Crippen LogP contribution >= 0.6 is 0 Å². The molecule has 0 fully saturated rings. The van der Waals surface area contributed by atoms with E-state index in [0.29, 0.717) is 12.0 Å². The van der Waals surface area contributed by atoms with Gasteiger partial charge in [-0.1, -0.05) is 0 Å². The molecule has 0 aliphatic heterocycles. The molecule has 1 N–H and O–H groups in total. The number of carbonyl (C=O) groups excluding carboxylic acids is 1. The highest BCUT2D eigenvalue weighted by molar-refractivity contribution is 5.86. The zero-order chi connectivity index (χ0) is 10.7. The minimum atomic E-state index is -0.190. The number of hydrogen-bond donors (Lipinski definition) is 1. The Hall–Kier alpha value is -1.71. The molecule has 4 nitrogen and oxygen atoms in total. The Kier molecular flexibility index (Phi) is 2.96. The molecule has 0 bridgehead atoms. The van der Waals surface area contributed by atoms with Crippen molar-refractivity contribution in [3.05, 3.63) is 17.2 Å². The number of aldehydes is 1. The first-order valence-electron chi connectivity index (χ1n) is 4.05. The van der Waals surface area contributed by atoms with Gasteiger partial charge in [0.05, 0.1) is 14.2 Å². The van der Waals surface area contributed by atoms with Crippen LogP contribution < -0.4 is 9.47 Å². The third kappa shape index (κ3) is 1.51. The Morgan fingerprint density at radius 2 is 2.00 bits per heavy atom. The monoisotopic (exact) mass is 196 g/mol. The van der Waals surface area contributed by atoms with Gasteiger partial charge < -0.3 is 14.6 Å². The molecule has 0 radical (unpaired) electrons. The lowest BCUT2D eigenvalue weighted by Gasteiger charge is -2.12. The molecule has 0 saturated carbocycles. The fraction of sp³-hybridized carbons (Fsp3) is 0.300. The van der Waals surface area contributed by atoms with E-state index in [9.17, 15) is 9.90 Å². The molecule has 0 saturated heterocycles. The van der Waals surface area contributed by atoms with Gasteiger partial charge in [-0.25, -0.2) is 0 Å². The Morgan fingerprint density at radius 1 is 1.36 bits per heavy atom. The summed E-state index contributed by atoms with van der Waals surface area (Å²) in [5, 5.41) is 9.59. The lowest BCUT2D eigenvalue weighted by atomic mass is 10.1. The highest BCUT2D eigenvalue weighted by Gasteiger charge is 2.16. The molecule has 0 aromatic heterocycles. The molecule has 0 atom stereocenters. The number of aromatic hydroxyl groups is 1. The van der Waals surface area contributed by atoms with Crippen LogP contribution in [0.1, 0.15) is 15.9 Å². The molecule has 4 heteroatoms. The fourth-order valence-corrected chi connectivity index (χ4v) is 1.32. The maximum Gasteiger partial charge on any atom is 0.172 e. The van der Waals surface area contributed by atoms with Gasteiger partial charge in [0.15, 0.2) is 17.8 Å². The van der Waals surface area contributed by atoms with Crippen molar-refractivity contribution in [1.29, 1.82) is 0 Å². The first kappa shape index (κ1) is 10.4. The van der Waals surface area contributed by atoms with Gasteiger partial charge in [0.2, 0.25) is 0 Å². The maximum absolute atomic E-state index is 10.7. The van der Waals surface area contributed by atoms with Crippen molar-refractivity contribution in [2.75, 3.05) is 14.2 Å². The number of hydrogen-bond acceptors (Lipinski definition) is 4. The molecule has 1 rings (SSSR count). The Labute approximate surface area is 82.1 Å². The van der Waals surface area contributed by atoms with Crippen molar-refractivity contribution in [1.82, 2.24) is 0 Å². The number of phenolic OH excluding ortho intramolecular Hbond substituents is 1. The summed E-state index contributed by atoms with van der Waals surface area (Å²) < 4.78 is 9.90. The van der Waals surface area contributed by atoms with Crippen LogP contribution in [0.3, 0.4) is 0 Å². The van der Waals surface area contributed by atoms with Crippen molar-refractivity contribution in [2.45, 2.75) is 6.92 Å². The van der Waals surface area contributed by atoms with E-state index < -0.39 is 0 Å². The maximum atomic E-state index is 10.7. The lowest BCUT2D eigenvalue weighted by Crippen LogP contribution is -1.96. The zero-order valence-corrected chi connectivity index (χ0v) is 8.33. The van der Waals surface area contributed by atoms with Gasteiger partial charge in [0.1, 0.15) is 11.3 Å². The van der Waals surface area contributed by atoms with Crippen LogP contribution in [0.25, 0.3) is 0 Å². The largest absolute Gasteiger partial charge is 0.504 e. The summed E-state index contributed by atoms with van der Waals surface area (Å²) in [6.07, 6.45) is 0.545. The summed E-state index contributed by atoms with van der Waals surface area (Å²) >= 11 is 0. The predicted molar refractivity (Wildman–Crippen MR) is 51.3 cm³/mol. The third-order valence-corrected chi connectivity index (χ3v) is 1.98. The third-order valence-electron chi connectivity index (χ3n) is 1.98. The topological polar surface area (TPSA) is 55.8 Å². The number of aryl methyl sites for hydroxylation is 1. The number of carbonyl (C=O) groups is 1. The van der Waals surface area contributed by atoms with E-state index in [1.165, 1.54) is 14.2 Å². The summed E-state index contributed by atoms with van der Waals surface area (Å²) in [6.45, 7) is 1.77. The van der Waals surface area contributed by atoms with Gasteiger partial charge >= 0.3 is 0 Å². The van der Waals surface area contributed by atoms with Crippen LogP contribution in [0.5, 0.6) is 17.2 Å². The van der Waals surface area contributed by atoms with Crippen molar-refractivity contribution in [3.63, 3.8) is 0 Å². The first-order chi connectivity index (χ1) is 6.65. The first-order valence-corrected chi connectivity index (χ1v) is 4.05. The van der Waals surface area contributed by atoms with Crippen molar-refractivity contribution >= 4 is 6.29 Å². The van der Waals surface area contributed by atoms with Crippen molar-refractivity contribution in [3.8, 4) is 17.2 Å². The van der Waals surface area contributed by atoms with E-state index in [1.54, 1.807) is 13.0 Å². The Bertz CT molecular complexity index is 358. The lowest BCUT2D eigenvalue weighted by molar-refractivity contribution is 0.111. The number of phenols is 1. The van der Waals surface area contributed by atoms with Gasteiger partial charge in [-0.15, -0.1) is 0 Å². The molecule has 0 amide bonds. The standard InChI is InChI=1S/C10H12O4/c1-6-4-8(13-2)9(12)7(5-11)10(6)14-3/h4-5,12H,1-3H3. The normalized spacial score (nSPS) is 9.64. The summed E-state index contributed by atoms with van der Waals surface area (Å²) in [5.41, 5.74) is 0.855. The second kappa shape index (κ2) is 4.00. The van der Waals surface area contributed by atoms with Crippen molar-refractivity contribution in [2.24, 2.45) is 0 Å². The highest BCUT2D eigenvalue weighted by Crippen LogP contribution is 2.37. The predicted octanol–water partition coefficient (Wildman–Crippen LogP) is 1.53. The van der Waals surface area contributed by atoms with Crippen LogP contribution in [-0.2, 0) is 0 Å². The Morgan fingerprint density at radius 3 is 2.43 bits per heavy atom. The summed E-state index contributed by atoms with van der Waals surface area (Å²) in [6, 6.07) is 1.61. The summed E-state index contributed by atoms with van der Waals surface area (Å²) in [5.74, 6) is 0.452. The number of methoxy groups -OCH3 is 2. The fourth-order valence-electron chi connectivity index (χ4n) is 1.32. The van der Waals surface area contributed by atoms with E-state index in [2.05, 4.69) is 0 Å². The molecule has 0 aliphatic carbocycles. The van der Waals surface area contributed by atoms with Gasteiger partial charge in [-0.05, 0) is 18.6 Å². The summed E-state index contributed by atoms with van der Waals surface area (Å²) in [4.78, 5) is 10.7.